The summed E-state index contributed by atoms with van der Waals surface area (Å²) in [7, 11) is 17.4. The molecular formula is C10H14Cl4CuN6O2. The number of nitrogens with one attached hydrogen (secondary N) is 2. The van der Waals surface area contributed by atoms with Crippen LogP contribution < -0.4 is 22.6 Å². The molecule has 0 saturated heterocycles. The molecule has 8 nitrogen and oxygen atoms in total. The monoisotopic (exact) mass is 453 g/mol. The first kappa shape index (κ1) is 22.0. The second-order valence-corrected chi connectivity index (χ2v) is 13.1. The molecule has 2 rings (SSSR count). The molecule has 0 aliphatic rings. The van der Waals surface area contributed by atoms with Gasteiger partial charge in [-0.15, -0.1) is 0 Å². The van der Waals surface area contributed by atoms with Gasteiger partial charge in [-0.05, 0) is 13.8 Å². The van der Waals surface area contributed by atoms with Crippen molar-refractivity contribution in [2.24, 2.45) is 0 Å². The number of nitrogens with zero attached hydrogens (tertiary/aromatic N) is 2. The van der Waals surface area contributed by atoms with Crippen molar-refractivity contribution in [2.75, 3.05) is 11.5 Å². The zero-order chi connectivity index (χ0) is 18.2. The molecule has 0 atom stereocenters. The Bertz CT molecular complexity index is 635. The Kier molecular flexibility index (Phi) is 9.60. The third-order valence-electron chi connectivity index (χ3n) is 1.78. The number of aromatic nitrogens is 4. The van der Waals surface area contributed by atoms with E-state index in [2.05, 4.69) is 19.9 Å². The summed E-state index contributed by atoms with van der Waals surface area (Å²) in [5, 5.41) is 0. The van der Waals surface area contributed by atoms with Crippen molar-refractivity contribution in [3.63, 3.8) is 0 Å². The van der Waals surface area contributed by atoms with Crippen LogP contribution in [0.4, 0.5) is 11.9 Å². The van der Waals surface area contributed by atoms with Crippen LogP contribution in [0.15, 0.2) is 21.7 Å². The summed E-state index contributed by atoms with van der Waals surface area (Å²) in [5.41, 5.74) is 11.2. The standard InChI is InChI=1S/2C5H7N3O.4ClH.Cu/c2*1-3-2-4(9)8-5(6)7-3;;;;;/h2*2H,1H3,(H3,6,7,8,9);4*1H;/q;;;;;;+4/p-4. The van der Waals surface area contributed by atoms with E-state index in [1.165, 1.54) is 12.1 Å². The quantitative estimate of drug-likeness (QED) is 0.448. The number of rotatable bonds is 0. The van der Waals surface area contributed by atoms with E-state index < -0.39 is 9.20 Å². The minimum absolute atomic E-state index is 0.167. The predicted molar refractivity (Wildman–Crippen MR) is 91.4 cm³/mol. The van der Waals surface area contributed by atoms with Crippen LogP contribution in [0.1, 0.15) is 11.4 Å². The van der Waals surface area contributed by atoms with Crippen LogP contribution in [0.25, 0.3) is 0 Å². The van der Waals surface area contributed by atoms with Gasteiger partial charge in [-0.3, -0.25) is 19.6 Å². The molecule has 135 valence electrons. The number of hydrogen-bond acceptors (Lipinski definition) is 6. The zero-order valence-electron chi connectivity index (χ0n) is 11.8. The number of hydrogen-bond donors (Lipinski definition) is 4. The molecule has 0 spiro atoms. The number of nitrogen functional groups attached to an aromatic ring is 2. The number of anilines is 2. The van der Waals surface area contributed by atoms with Gasteiger partial charge < -0.3 is 11.5 Å². The number of aromatic amines is 2. The molecular weight excluding hydrogens is 442 g/mol. The summed E-state index contributed by atoms with van der Waals surface area (Å²) in [6.45, 7) is 3.43. The molecule has 6 N–H and O–H groups in total. The summed E-state index contributed by atoms with van der Waals surface area (Å²) in [6, 6.07) is 2.77. The molecule has 0 radical (unpaired) electrons. The van der Waals surface area contributed by atoms with Crippen LogP contribution in [0.2, 0.25) is 0 Å². The molecule has 0 saturated carbocycles. The van der Waals surface area contributed by atoms with E-state index in [-0.39, 0.29) is 23.0 Å². The van der Waals surface area contributed by atoms with E-state index >= 15 is 0 Å². The Labute approximate surface area is 150 Å². The summed E-state index contributed by atoms with van der Waals surface area (Å²) in [6.07, 6.45) is 0. The number of H-pyrrole nitrogens is 2. The number of nitrogens with two attached hydrogens (primary N) is 2. The number of aryl methyl sites for hydroxylation is 2. The van der Waals surface area contributed by atoms with E-state index in [0.717, 1.165) is 0 Å². The zero-order valence-corrected chi connectivity index (χ0v) is 15.8. The second kappa shape index (κ2) is 10.0. The molecule has 13 heteroatoms. The van der Waals surface area contributed by atoms with Crippen molar-refractivity contribution in [3.8, 4) is 0 Å². The Balaban J connectivity index is 0.000000332. The first-order valence-corrected chi connectivity index (χ1v) is 10.7. The molecule has 0 aliphatic carbocycles. The van der Waals surface area contributed by atoms with E-state index in [9.17, 15) is 9.59 Å². The van der Waals surface area contributed by atoms with Crippen molar-refractivity contribution in [1.82, 2.24) is 19.9 Å². The third kappa shape index (κ3) is 14.4. The van der Waals surface area contributed by atoms with E-state index in [1.54, 1.807) is 13.8 Å². The van der Waals surface area contributed by atoms with Gasteiger partial charge in [-0.25, -0.2) is 9.97 Å². The molecule has 0 unspecified atom stereocenters. The molecule has 0 aromatic carbocycles. The third-order valence-corrected chi connectivity index (χ3v) is 1.78. The molecule has 23 heavy (non-hydrogen) atoms. The van der Waals surface area contributed by atoms with Gasteiger partial charge >= 0.3 is 49.6 Å². The van der Waals surface area contributed by atoms with E-state index in [0.29, 0.717) is 11.4 Å². The molecule has 0 bridgehead atoms. The molecule has 2 aromatic rings. The van der Waals surface area contributed by atoms with E-state index in [1.807, 2.05) is 0 Å². The Morgan fingerprint density at radius 2 is 1.13 bits per heavy atom. The summed E-state index contributed by atoms with van der Waals surface area (Å²) in [4.78, 5) is 33.2. The SMILES string of the molecule is Cc1cc(=O)[nH]c(N)n1.Cc1cc(=O)[nH]c(N)n1.[Cl][Cu]([Cl])([Cl])[Cl]. The fourth-order valence-electron chi connectivity index (χ4n) is 1.20. The van der Waals surface area contributed by atoms with Gasteiger partial charge in [0.15, 0.2) is 0 Å². The first-order valence-electron chi connectivity index (χ1n) is 5.49. The maximum atomic E-state index is 10.5. The normalized spacial score (nSPS) is 10.7. The maximum absolute atomic E-state index is 10.5. The van der Waals surface area contributed by atoms with Crippen LogP contribution in [-0.2, 0) is 9.20 Å². The molecule has 2 aromatic heterocycles. The average Bonchev–Trinajstić information content (AvgIpc) is 2.22. The summed E-state index contributed by atoms with van der Waals surface area (Å²) < 4.78 is 0. The Morgan fingerprint density at radius 1 is 0.870 bits per heavy atom. The molecule has 0 aliphatic heterocycles. The topological polar surface area (TPSA) is 144 Å². The number of halogens is 4. The van der Waals surface area contributed by atoms with Gasteiger partial charge in [0.2, 0.25) is 11.9 Å². The molecule has 0 fully saturated rings. The fourth-order valence-corrected chi connectivity index (χ4v) is 1.20. The van der Waals surface area contributed by atoms with Gasteiger partial charge in [0.1, 0.15) is 0 Å². The fraction of sp³-hybridized carbons (Fsp3) is 0.200. The van der Waals surface area contributed by atoms with Crippen molar-refractivity contribution < 1.29 is 9.20 Å². The minimum atomic E-state index is -2.24. The van der Waals surface area contributed by atoms with Crippen LogP contribution in [-0.4, -0.2) is 19.9 Å². The molecule has 0 amide bonds. The summed E-state index contributed by atoms with van der Waals surface area (Å²) in [5.74, 6) is 0.333. The molecule has 2 heterocycles. The van der Waals surface area contributed by atoms with Crippen LogP contribution in [0, 0.1) is 13.8 Å². The van der Waals surface area contributed by atoms with Gasteiger partial charge in [-0.1, -0.05) is 0 Å². The van der Waals surface area contributed by atoms with Gasteiger partial charge in [-0.2, -0.15) is 0 Å². The van der Waals surface area contributed by atoms with Crippen molar-refractivity contribution in [3.05, 3.63) is 44.2 Å². The van der Waals surface area contributed by atoms with E-state index in [4.69, 9.17) is 51.9 Å². The van der Waals surface area contributed by atoms with Crippen LogP contribution in [0.5, 0.6) is 0 Å². The van der Waals surface area contributed by atoms with Gasteiger partial charge in [0, 0.05) is 23.5 Å². The predicted octanol–water partition coefficient (Wildman–Crippen LogP) is 2.08. The second-order valence-electron chi connectivity index (χ2n) is 3.80. The Hall–Kier alpha value is -0.961. The van der Waals surface area contributed by atoms with Crippen molar-refractivity contribution >= 4 is 52.3 Å². The first-order chi connectivity index (χ1) is 10.4. The van der Waals surface area contributed by atoms with Crippen LogP contribution >= 0.6 is 40.4 Å². The Morgan fingerprint density at radius 3 is 1.30 bits per heavy atom. The van der Waals surface area contributed by atoms with Crippen molar-refractivity contribution in [1.29, 1.82) is 0 Å². The van der Waals surface area contributed by atoms with Gasteiger partial charge in [0.05, 0.1) is 0 Å². The van der Waals surface area contributed by atoms with Crippen LogP contribution in [0.3, 0.4) is 0 Å². The summed E-state index contributed by atoms with van der Waals surface area (Å²) >= 11 is 0. The van der Waals surface area contributed by atoms with Gasteiger partial charge in [0.25, 0.3) is 11.1 Å². The average molecular weight is 456 g/mol. The van der Waals surface area contributed by atoms with Crippen molar-refractivity contribution in [2.45, 2.75) is 13.8 Å².